The highest BCUT2D eigenvalue weighted by Gasteiger charge is 2.09. The van der Waals surface area contributed by atoms with E-state index in [0.29, 0.717) is 17.2 Å². The predicted octanol–water partition coefficient (Wildman–Crippen LogP) is 2.25. The number of nitrogens with one attached hydrogen (secondary N) is 1. The van der Waals surface area contributed by atoms with Crippen LogP contribution in [-0.2, 0) is 6.42 Å². The molecule has 0 fully saturated rings. The van der Waals surface area contributed by atoms with E-state index in [4.69, 9.17) is 16.3 Å². The summed E-state index contributed by atoms with van der Waals surface area (Å²) < 4.78 is 18.1. The van der Waals surface area contributed by atoms with Gasteiger partial charge in [0.15, 0.2) is 0 Å². The maximum atomic E-state index is 13.0. The second-order valence-electron chi connectivity index (χ2n) is 2.93. The van der Waals surface area contributed by atoms with Gasteiger partial charge in [-0.05, 0) is 37.7 Å². The van der Waals surface area contributed by atoms with Gasteiger partial charge in [0, 0.05) is 0 Å². The van der Waals surface area contributed by atoms with Crippen LogP contribution in [0.4, 0.5) is 4.39 Å². The van der Waals surface area contributed by atoms with E-state index in [0.717, 1.165) is 12.1 Å². The van der Waals surface area contributed by atoms with Crippen molar-refractivity contribution in [2.75, 3.05) is 20.7 Å². The number of likely N-dealkylation sites (N-methyl/N-ethyl adjacent to an activating group) is 1. The van der Waals surface area contributed by atoms with Crippen molar-refractivity contribution < 1.29 is 9.13 Å². The molecule has 0 saturated carbocycles. The van der Waals surface area contributed by atoms with Crippen LogP contribution in [0.3, 0.4) is 0 Å². The maximum absolute atomic E-state index is 13.0. The molecular formula is C10H13ClFNO. The van der Waals surface area contributed by atoms with Crippen LogP contribution in [0.5, 0.6) is 5.75 Å². The number of ether oxygens (including phenoxy) is 1. The van der Waals surface area contributed by atoms with Gasteiger partial charge in [-0.1, -0.05) is 11.6 Å². The van der Waals surface area contributed by atoms with Crippen LogP contribution in [0.15, 0.2) is 12.1 Å². The third-order valence-electron chi connectivity index (χ3n) is 1.93. The number of rotatable bonds is 4. The van der Waals surface area contributed by atoms with Gasteiger partial charge >= 0.3 is 0 Å². The summed E-state index contributed by atoms with van der Waals surface area (Å²) in [5, 5.41) is 3.30. The number of hydrogen-bond donors (Lipinski definition) is 1. The van der Waals surface area contributed by atoms with Crippen molar-refractivity contribution in [3.8, 4) is 5.75 Å². The van der Waals surface area contributed by atoms with Crippen molar-refractivity contribution in [1.82, 2.24) is 5.32 Å². The van der Waals surface area contributed by atoms with E-state index in [9.17, 15) is 4.39 Å². The lowest BCUT2D eigenvalue weighted by Gasteiger charge is -2.10. The Kier molecular flexibility index (Phi) is 4.17. The molecule has 0 atom stereocenters. The van der Waals surface area contributed by atoms with Gasteiger partial charge < -0.3 is 10.1 Å². The number of halogens is 2. The first-order chi connectivity index (χ1) is 6.69. The van der Waals surface area contributed by atoms with Gasteiger partial charge in [-0.25, -0.2) is 4.39 Å². The van der Waals surface area contributed by atoms with Crippen LogP contribution in [-0.4, -0.2) is 20.7 Å². The average molecular weight is 218 g/mol. The normalized spacial score (nSPS) is 10.3. The highest BCUT2D eigenvalue weighted by atomic mass is 35.5. The molecule has 1 rings (SSSR count). The zero-order valence-electron chi connectivity index (χ0n) is 8.23. The van der Waals surface area contributed by atoms with Crippen LogP contribution in [0.25, 0.3) is 0 Å². The lowest BCUT2D eigenvalue weighted by atomic mass is 10.1. The van der Waals surface area contributed by atoms with Gasteiger partial charge in [0.2, 0.25) is 0 Å². The number of hydrogen-bond acceptors (Lipinski definition) is 2. The molecule has 0 amide bonds. The fourth-order valence-corrected chi connectivity index (χ4v) is 1.59. The summed E-state index contributed by atoms with van der Waals surface area (Å²) in [4.78, 5) is 0. The molecule has 0 spiro atoms. The van der Waals surface area contributed by atoms with Gasteiger partial charge in [-0.2, -0.15) is 0 Å². The summed E-state index contributed by atoms with van der Waals surface area (Å²) in [6.07, 6.45) is 0.692. The lowest BCUT2D eigenvalue weighted by Crippen LogP contribution is -2.11. The molecule has 0 aliphatic rings. The largest absolute Gasteiger partial charge is 0.495 e. The van der Waals surface area contributed by atoms with E-state index >= 15 is 0 Å². The van der Waals surface area contributed by atoms with E-state index in [1.165, 1.54) is 19.2 Å². The Labute approximate surface area is 88.0 Å². The molecule has 0 aromatic heterocycles. The predicted molar refractivity (Wildman–Crippen MR) is 55.6 cm³/mol. The minimum atomic E-state index is -0.332. The van der Waals surface area contributed by atoms with Crippen LogP contribution in [0.2, 0.25) is 5.02 Å². The Hall–Kier alpha value is -0.800. The average Bonchev–Trinajstić information content (AvgIpc) is 2.14. The fraction of sp³-hybridized carbons (Fsp3) is 0.400. The zero-order chi connectivity index (χ0) is 10.6. The van der Waals surface area contributed by atoms with E-state index in [1.807, 2.05) is 7.05 Å². The Bertz CT molecular complexity index is 317. The summed E-state index contributed by atoms with van der Waals surface area (Å²) in [6.45, 7) is 0.760. The Morgan fingerprint density at radius 3 is 2.79 bits per heavy atom. The Morgan fingerprint density at radius 1 is 1.50 bits per heavy atom. The molecule has 0 radical (unpaired) electrons. The van der Waals surface area contributed by atoms with Gasteiger partial charge in [-0.3, -0.25) is 0 Å². The SMILES string of the molecule is CNCCc1cc(F)cc(Cl)c1OC. The van der Waals surface area contributed by atoms with Crippen LogP contribution < -0.4 is 10.1 Å². The summed E-state index contributed by atoms with van der Waals surface area (Å²) in [5.74, 6) is 0.227. The molecule has 0 saturated heterocycles. The molecule has 14 heavy (non-hydrogen) atoms. The maximum Gasteiger partial charge on any atom is 0.140 e. The van der Waals surface area contributed by atoms with Gasteiger partial charge in [0.05, 0.1) is 12.1 Å². The minimum absolute atomic E-state index is 0.318. The summed E-state index contributed by atoms with van der Waals surface area (Å²) in [7, 11) is 3.37. The number of methoxy groups -OCH3 is 1. The molecule has 2 nitrogen and oxygen atoms in total. The van der Waals surface area contributed by atoms with E-state index < -0.39 is 0 Å². The first-order valence-electron chi connectivity index (χ1n) is 4.35. The monoisotopic (exact) mass is 217 g/mol. The highest BCUT2D eigenvalue weighted by Crippen LogP contribution is 2.29. The molecular weight excluding hydrogens is 205 g/mol. The highest BCUT2D eigenvalue weighted by molar-refractivity contribution is 6.32. The Morgan fingerprint density at radius 2 is 2.21 bits per heavy atom. The standard InChI is InChI=1S/C10H13ClFNO/c1-13-4-3-7-5-8(12)6-9(11)10(7)14-2/h5-6,13H,3-4H2,1-2H3. The molecule has 1 aromatic rings. The molecule has 0 aliphatic carbocycles. The third-order valence-corrected chi connectivity index (χ3v) is 2.21. The zero-order valence-corrected chi connectivity index (χ0v) is 8.99. The molecule has 0 aliphatic heterocycles. The molecule has 0 heterocycles. The molecule has 78 valence electrons. The topological polar surface area (TPSA) is 21.3 Å². The molecule has 0 bridgehead atoms. The summed E-state index contributed by atoms with van der Waals surface area (Å²) in [5.41, 5.74) is 0.784. The molecule has 1 N–H and O–H groups in total. The first kappa shape index (κ1) is 11.3. The molecule has 0 unspecified atom stereocenters. The smallest absolute Gasteiger partial charge is 0.140 e. The van der Waals surface area contributed by atoms with Crippen LogP contribution in [0.1, 0.15) is 5.56 Å². The molecule has 1 aromatic carbocycles. The van der Waals surface area contributed by atoms with Crippen LogP contribution >= 0.6 is 11.6 Å². The summed E-state index contributed by atoms with van der Waals surface area (Å²) >= 11 is 5.83. The fourth-order valence-electron chi connectivity index (χ4n) is 1.29. The van der Waals surface area contributed by atoms with Crippen molar-refractivity contribution in [3.05, 3.63) is 28.5 Å². The van der Waals surface area contributed by atoms with E-state index in [1.54, 1.807) is 0 Å². The van der Waals surface area contributed by atoms with Crippen molar-refractivity contribution in [2.24, 2.45) is 0 Å². The van der Waals surface area contributed by atoms with Crippen molar-refractivity contribution >= 4 is 11.6 Å². The second-order valence-corrected chi connectivity index (χ2v) is 3.34. The Balaban J connectivity index is 2.99. The van der Waals surface area contributed by atoms with Crippen molar-refractivity contribution in [1.29, 1.82) is 0 Å². The van der Waals surface area contributed by atoms with Gasteiger partial charge in [0.25, 0.3) is 0 Å². The number of benzene rings is 1. The lowest BCUT2D eigenvalue weighted by molar-refractivity contribution is 0.408. The first-order valence-corrected chi connectivity index (χ1v) is 4.73. The van der Waals surface area contributed by atoms with Crippen molar-refractivity contribution in [3.63, 3.8) is 0 Å². The van der Waals surface area contributed by atoms with Gasteiger partial charge in [-0.15, -0.1) is 0 Å². The third kappa shape index (κ3) is 2.59. The molecule has 4 heteroatoms. The van der Waals surface area contributed by atoms with Crippen molar-refractivity contribution in [2.45, 2.75) is 6.42 Å². The second kappa shape index (κ2) is 5.17. The van der Waals surface area contributed by atoms with E-state index in [-0.39, 0.29) is 5.82 Å². The quantitative estimate of drug-likeness (QED) is 0.836. The summed E-state index contributed by atoms with van der Waals surface area (Å²) in [6, 6.07) is 2.70. The van der Waals surface area contributed by atoms with Crippen LogP contribution in [0, 0.1) is 5.82 Å². The minimum Gasteiger partial charge on any atom is -0.495 e. The van der Waals surface area contributed by atoms with Gasteiger partial charge in [0.1, 0.15) is 11.6 Å². The van der Waals surface area contributed by atoms with E-state index in [2.05, 4.69) is 5.32 Å².